The van der Waals surface area contributed by atoms with Crippen molar-refractivity contribution < 1.29 is 19.6 Å². The van der Waals surface area contributed by atoms with Crippen molar-refractivity contribution in [2.75, 3.05) is 0 Å². The first-order valence-electron chi connectivity index (χ1n) is 8.66. The van der Waals surface area contributed by atoms with Crippen LogP contribution in [0.25, 0.3) is 0 Å². The highest BCUT2D eigenvalue weighted by Gasteiger charge is 2.21. The number of hydrogen-bond donors (Lipinski definition) is 0. The Morgan fingerprint density at radius 3 is 2.21 bits per heavy atom. The summed E-state index contributed by atoms with van der Waals surface area (Å²) >= 11 is 1.23. The summed E-state index contributed by atoms with van der Waals surface area (Å²) in [6.45, 7) is 3.95. The lowest BCUT2D eigenvalue weighted by molar-refractivity contribution is -0.387. The van der Waals surface area contributed by atoms with E-state index in [9.17, 15) is 24.8 Å². The molecule has 0 aliphatic carbocycles. The van der Waals surface area contributed by atoms with Gasteiger partial charge < -0.3 is 9.90 Å². The number of carbonyl (C=O) groups is 2. The van der Waals surface area contributed by atoms with Crippen LogP contribution in [0, 0.1) is 24.0 Å². The van der Waals surface area contributed by atoms with Gasteiger partial charge in [-0.2, -0.15) is 0 Å². The highest BCUT2D eigenvalue weighted by atomic mass is 32.2. The molecule has 0 aromatic heterocycles. The van der Waals surface area contributed by atoms with Crippen LogP contribution in [0.3, 0.4) is 0 Å². The molecule has 0 unspecified atom stereocenters. The molecule has 3 rings (SSSR count). The number of hydrogen-bond acceptors (Lipinski definition) is 6. The molecule has 6 nitrogen and oxygen atoms in total. The van der Waals surface area contributed by atoms with Gasteiger partial charge in [-0.05, 0) is 49.2 Å². The number of rotatable bonds is 6. The van der Waals surface area contributed by atoms with E-state index in [4.69, 9.17) is 0 Å². The SMILES string of the molecule is Cc1ccc(Sc2ccc(C(=O)c3ccccc3C(=O)[O-])cc2[N+](=O)[O-])cc1C. The Hall–Kier alpha value is -3.45. The molecule has 0 atom stereocenters. The fourth-order valence-electron chi connectivity index (χ4n) is 2.81. The molecule has 0 spiro atoms. The molecule has 3 aromatic carbocycles. The molecule has 0 N–H and O–H groups in total. The molecule has 0 saturated heterocycles. The minimum absolute atomic E-state index is 0.0369. The minimum Gasteiger partial charge on any atom is -0.545 e. The van der Waals surface area contributed by atoms with Gasteiger partial charge in [-0.3, -0.25) is 14.9 Å². The van der Waals surface area contributed by atoms with E-state index < -0.39 is 16.7 Å². The zero-order valence-electron chi connectivity index (χ0n) is 15.7. The molecule has 0 fully saturated rings. The Morgan fingerprint density at radius 1 is 0.897 bits per heavy atom. The molecule has 0 aliphatic rings. The van der Waals surface area contributed by atoms with Crippen LogP contribution in [0.1, 0.15) is 37.4 Å². The third-order valence-electron chi connectivity index (χ3n) is 4.52. The van der Waals surface area contributed by atoms with Crippen molar-refractivity contribution in [1.82, 2.24) is 0 Å². The average molecular weight is 406 g/mol. The van der Waals surface area contributed by atoms with Crippen LogP contribution in [-0.2, 0) is 0 Å². The van der Waals surface area contributed by atoms with Crippen LogP contribution in [0.4, 0.5) is 5.69 Å². The first kappa shape index (κ1) is 20.3. The van der Waals surface area contributed by atoms with Gasteiger partial charge >= 0.3 is 0 Å². The van der Waals surface area contributed by atoms with Gasteiger partial charge in [-0.1, -0.05) is 42.1 Å². The van der Waals surface area contributed by atoms with Gasteiger partial charge in [0.05, 0.1) is 15.8 Å². The lowest BCUT2D eigenvalue weighted by atomic mass is 9.98. The first-order valence-corrected chi connectivity index (χ1v) is 9.48. The summed E-state index contributed by atoms with van der Waals surface area (Å²) in [5.41, 5.74) is 1.68. The second kappa shape index (κ2) is 8.28. The zero-order chi connectivity index (χ0) is 21.1. The van der Waals surface area contributed by atoms with Gasteiger partial charge in [0, 0.05) is 27.7 Å². The van der Waals surface area contributed by atoms with E-state index >= 15 is 0 Å². The maximum Gasteiger partial charge on any atom is 0.283 e. The number of benzene rings is 3. The summed E-state index contributed by atoms with van der Waals surface area (Å²) in [6, 6.07) is 15.5. The normalized spacial score (nSPS) is 10.6. The van der Waals surface area contributed by atoms with E-state index in [1.165, 1.54) is 54.2 Å². The molecule has 0 radical (unpaired) electrons. The van der Waals surface area contributed by atoms with Crippen LogP contribution in [-0.4, -0.2) is 16.7 Å². The smallest absolute Gasteiger partial charge is 0.283 e. The van der Waals surface area contributed by atoms with Crippen molar-refractivity contribution >= 4 is 29.2 Å². The predicted octanol–water partition coefficient (Wildman–Crippen LogP) is 3.96. The van der Waals surface area contributed by atoms with Crippen molar-refractivity contribution in [2.45, 2.75) is 23.6 Å². The van der Waals surface area contributed by atoms with Crippen molar-refractivity contribution in [3.05, 3.63) is 98.6 Å². The fraction of sp³-hybridized carbons (Fsp3) is 0.0909. The highest BCUT2D eigenvalue weighted by Crippen LogP contribution is 2.36. The van der Waals surface area contributed by atoms with Gasteiger partial charge in [0.15, 0.2) is 5.78 Å². The molecule has 3 aromatic rings. The third-order valence-corrected chi connectivity index (χ3v) is 5.57. The Morgan fingerprint density at radius 2 is 1.59 bits per heavy atom. The number of carboxylic acids is 1. The fourth-order valence-corrected chi connectivity index (χ4v) is 3.81. The number of nitrogens with zero attached hydrogens (tertiary/aromatic N) is 1. The van der Waals surface area contributed by atoms with E-state index in [0.717, 1.165) is 16.0 Å². The monoisotopic (exact) mass is 406 g/mol. The number of carboxylic acid groups (broad SMARTS) is 1. The summed E-state index contributed by atoms with van der Waals surface area (Å²) in [6.07, 6.45) is 0. The van der Waals surface area contributed by atoms with E-state index in [1.807, 2.05) is 32.0 Å². The minimum atomic E-state index is -1.48. The van der Waals surface area contributed by atoms with Crippen molar-refractivity contribution in [3.8, 4) is 0 Å². The molecule has 0 bridgehead atoms. The molecule has 29 heavy (non-hydrogen) atoms. The molecule has 0 heterocycles. The van der Waals surface area contributed by atoms with Crippen LogP contribution in [0.5, 0.6) is 0 Å². The summed E-state index contributed by atoms with van der Waals surface area (Å²) in [4.78, 5) is 36.3. The number of nitro benzene ring substituents is 1. The van der Waals surface area contributed by atoms with E-state index in [0.29, 0.717) is 4.90 Å². The van der Waals surface area contributed by atoms with E-state index in [1.54, 1.807) is 0 Å². The van der Waals surface area contributed by atoms with Gasteiger partial charge in [-0.25, -0.2) is 0 Å². The van der Waals surface area contributed by atoms with Gasteiger partial charge in [-0.15, -0.1) is 0 Å². The Bertz CT molecular complexity index is 1140. The molecular weight excluding hydrogens is 390 g/mol. The highest BCUT2D eigenvalue weighted by molar-refractivity contribution is 7.99. The largest absolute Gasteiger partial charge is 0.545 e. The molecule has 146 valence electrons. The summed E-state index contributed by atoms with van der Waals surface area (Å²) in [7, 11) is 0. The maximum atomic E-state index is 12.8. The quantitative estimate of drug-likeness (QED) is 0.349. The van der Waals surface area contributed by atoms with Crippen molar-refractivity contribution in [1.29, 1.82) is 0 Å². The lowest BCUT2D eigenvalue weighted by Gasteiger charge is -2.10. The van der Waals surface area contributed by atoms with Crippen LogP contribution < -0.4 is 5.11 Å². The second-order valence-corrected chi connectivity index (χ2v) is 7.57. The lowest BCUT2D eigenvalue weighted by Crippen LogP contribution is -2.25. The van der Waals surface area contributed by atoms with Crippen LogP contribution >= 0.6 is 11.8 Å². The standard InChI is InChI=1S/C22H17NO5S/c1-13-7-9-16(11-14(13)2)29-20-10-8-15(12-19(20)23(27)28)21(24)17-5-3-4-6-18(17)22(25)26/h3-12H,1-2H3,(H,25,26)/p-1. The Kier molecular flexibility index (Phi) is 5.79. The van der Waals surface area contributed by atoms with Crippen LogP contribution in [0.15, 0.2) is 70.5 Å². The van der Waals surface area contributed by atoms with Crippen molar-refractivity contribution in [3.63, 3.8) is 0 Å². The third kappa shape index (κ3) is 4.35. The second-order valence-electron chi connectivity index (χ2n) is 6.45. The maximum absolute atomic E-state index is 12.8. The zero-order valence-corrected chi connectivity index (χ0v) is 16.5. The number of aryl methyl sites for hydroxylation is 2. The van der Waals surface area contributed by atoms with E-state index in [2.05, 4.69) is 0 Å². The molecule has 0 saturated carbocycles. The molecular formula is C22H16NO5S-. The predicted molar refractivity (Wildman–Crippen MR) is 107 cm³/mol. The topological polar surface area (TPSA) is 100 Å². The number of nitro groups is 1. The Balaban J connectivity index is 2.00. The number of carbonyl (C=O) groups excluding carboxylic acids is 2. The molecule has 0 aliphatic heterocycles. The van der Waals surface area contributed by atoms with E-state index in [-0.39, 0.29) is 22.4 Å². The summed E-state index contributed by atoms with van der Waals surface area (Å²) < 4.78 is 0. The van der Waals surface area contributed by atoms with Gasteiger partial charge in [0.1, 0.15) is 0 Å². The van der Waals surface area contributed by atoms with Crippen LogP contribution in [0.2, 0.25) is 0 Å². The Labute approximate surface area is 171 Å². The molecule has 0 amide bonds. The van der Waals surface area contributed by atoms with Gasteiger partial charge in [0.25, 0.3) is 5.69 Å². The number of ketones is 1. The van der Waals surface area contributed by atoms with Gasteiger partial charge in [0.2, 0.25) is 0 Å². The average Bonchev–Trinajstić information content (AvgIpc) is 2.70. The summed E-state index contributed by atoms with van der Waals surface area (Å²) in [5.74, 6) is -2.10. The van der Waals surface area contributed by atoms with Crippen molar-refractivity contribution in [2.24, 2.45) is 0 Å². The number of aromatic carboxylic acids is 1. The first-order chi connectivity index (χ1) is 13.8. The molecule has 7 heteroatoms. The summed E-state index contributed by atoms with van der Waals surface area (Å²) in [5, 5.41) is 22.9.